The van der Waals surface area contributed by atoms with E-state index in [4.69, 9.17) is 5.11 Å². The van der Waals surface area contributed by atoms with Crippen molar-refractivity contribution in [3.8, 4) is 0 Å². The van der Waals surface area contributed by atoms with Gasteiger partial charge in [0.15, 0.2) is 6.10 Å². The van der Waals surface area contributed by atoms with Crippen molar-refractivity contribution >= 4 is 12.0 Å². The minimum atomic E-state index is -1.08. The number of rotatable bonds is 5. The topological polar surface area (TPSA) is 87.7 Å². The van der Waals surface area contributed by atoms with Crippen LogP contribution in [0, 0.1) is 5.92 Å². The Balaban J connectivity index is 2.16. The van der Waals surface area contributed by atoms with Gasteiger partial charge in [-0.05, 0) is 18.8 Å². The lowest BCUT2D eigenvalue weighted by Crippen LogP contribution is -2.50. The third kappa shape index (κ3) is 3.69. The molecule has 1 aliphatic rings. The van der Waals surface area contributed by atoms with E-state index in [-0.39, 0.29) is 18.6 Å². The van der Waals surface area contributed by atoms with Crippen LogP contribution in [0.2, 0.25) is 0 Å². The van der Waals surface area contributed by atoms with Crippen LogP contribution in [0.5, 0.6) is 0 Å². The van der Waals surface area contributed by atoms with Crippen molar-refractivity contribution in [2.45, 2.75) is 31.9 Å². The highest BCUT2D eigenvalue weighted by atomic mass is 16.5. The van der Waals surface area contributed by atoms with Gasteiger partial charge >= 0.3 is 12.0 Å². The molecule has 1 aliphatic carbocycles. The van der Waals surface area contributed by atoms with Crippen molar-refractivity contribution in [2.75, 3.05) is 13.7 Å². The Morgan fingerprint density at radius 2 is 2.12 bits per heavy atom. The highest BCUT2D eigenvalue weighted by molar-refractivity contribution is 5.77. The van der Waals surface area contributed by atoms with Gasteiger partial charge in [-0.1, -0.05) is 6.92 Å². The van der Waals surface area contributed by atoms with Crippen molar-refractivity contribution in [1.29, 1.82) is 0 Å². The van der Waals surface area contributed by atoms with Gasteiger partial charge in [0.1, 0.15) is 0 Å². The molecule has 6 heteroatoms. The predicted octanol–water partition coefficient (Wildman–Crippen LogP) is 0.184. The van der Waals surface area contributed by atoms with E-state index < -0.39 is 12.1 Å². The summed E-state index contributed by atoms with van der Waals surface area (Å²) in [5, 5.41) is 13.9. The van der Waals surface area contributed by atoms with Gasteiger partial charge in [0.2, 0.25) is 0 Å². The molecule has 2 amide bonds. The van der Waals surface area contributed by atoms with Gasteiger partial charge in [0, 0.05) is 13.2 Å². The number of carboxylic acids is 1. The molecule has 0 saturated heterocycles. The van der Waals surface area contributed by atoms with E-state index in [0.717, 1.165) is 12.8 Å². The summed E-state index contributed by atoms with van der Waals surface area (Å²) < 4.78 is 4.68. The zero-order chi connectivity index (χ0) is 12.1. The number of amides is 2. The van der Waals surface area contributed by atoms with Crippen LogP contribution in [0.1, 0.15) is 19.8 Å². The van der Waals surface area contributed by atoms with Crippen molar-refractivity contribution in [2.24, 2.45) is 5.92 Å². The number of ether oxygens (including phenoxy) is 1. The molecule has 0 aromatic heterocycles. The lowest BCUT2D eigenvalue weighted by Gasteiger charge is -2.33. The first kappa shape index (κ1) is 12.8. The molecule has 1 fully saturated rings. The summed E-state index contributed by atoms with van der Waals surface area (Å²) in [5.41, 5.74) is 0. The van der Waals surface area contributed by atoms with Crippen LogP contribution in [-0.2, 0) is 9.53 Å². The first-order chi connectivity index (χ1) is 7.52. The smallest absolute Gasteiger partial charge is 0.334 e. The standard InChI is InChI=1S/C10H18N2O4/c1-6-3-7(4-6)12-10(15)11-5-8(16-2)9(13)14/h6-8H,3-5H2,1-2H3,(H,13,14)(H2,11,12,15). The van der Waals surface area contributed by atoms with Gasteiger partial charge in [0.05, 0.1) is 6.54 Å². The number of hydrogen-bond donors (Lipinski definition) is 3. The molecule has 0 radical (unpaired) electrons. The molecule has 0 heterocycles. The van der Waals surface area contributed by atoms with Crippen LogP contribution in [-0.4, -0.2) is 42.9 Å². The summed E-state index contributed by atoms with van der Waals surface area (Å²) >= 11 is 0. The SMILES string of the molecule is COC(CNC(=O)NC1CC(C)C1)C(=O)O. The largest absolute Gasteiger partial charge is 0.479 e. The van der Waals surface area contributed by atoms with E-state index in [9.17, 15) is 9.59 Å². The highest BCUT2D eigenvalue weighted by Gasteiger charge is 2.26. The van der Waals surface area contributed by atoms with Gasteiger partial charge in [-0.15, -0.1) is 0 Å². The molecule has 0 aromatic carbocycles. The minimum Gasteiger partial charge on any atom is -0.479 e. The summed E-state index contributed by atoms with van der Waals surface area (Å²) in [6.45, 7) is 2.10. The van der Waals surface area contributed by atoms with Crippen molar-refractivity contribution in [3.05, 3.63) is 0 Å². The van der Waals surface area contributed by atoms with Gasteiger partial charge in [-0.3, -0.25) is 0 Å². The highest BCUT2D eigenvalue weighted by Crippen LogP contribution is 2.25. The minimum absolute atomic E-state index is 0.0278. The Hall–Kier alpha value is -1.30. The zero-order valence-corrected chi connectivity index (χ0v) is 9.53. The maximum Gasteiger partial charge on any atom is 0.334 e. The van der Waals surface area contributed by atoms with Gasteiger partial charge < -0.3 is 20.5 Å². The average Bonchev–Trinajstić information content (AvgIpc) is 2.15. The summed E-state index contributed by atoms with van der Waals surface area (Å²) in [5.74, 6) is -0.420. The molecule has 1 unspecified atom stereocenters. The first-order valence-electron chi connectivity index (χ1n) is 5.33. The molecule has 16 heavy (non-hydrogen) atoms. The summed E-state index contributed by atoms with van der Waals surface area (Å²) in [7, 11) is 1.30. The molecule has 0 aliphatic heterocycles. The molecular formula is C10H18N2O4. The fourth-order valence-electron chi connectivity index (χ4n) is 1.71. The van der Waals surface area contributed by atoms with Crippen molar-refractivity contribution < 1.29 is 19.4 Å². The molecule has 1 atom stereocenters. The molecule has 1 saturated carbocycles. The van der Waals surface area contributed by atoms with E-state index in [0.29, 0.717) is 5.92 Å². The Bertz CT molecular complexity index is 264. The summed E-state index contributed by atoms with van der Waals surface area (Å²) in [4.78, 5) is 21.9. The number of nitrogens with one attached hydrogen (secondary N) is 2. The van der Waals surface area contributed by atoms with Gasteiger partial charge in [0.25, 0.3) is 0 Å². The maximum absolute atomic E-state index is 11.3. The fraction of sp³-hybridized carbons (Fsp3) is 0.800. The molecular weight excluding hydrogens is 212 g/mol. The van der Waals surface area contributed by atoms with Gasteiger partial charge in [-0.2, -0.15) is 0 Å². The quantitative estimate of drug-likeness (QED) is 0.629. The van der Waals surface area contributed by atoms with Crippen LogP contribution >= 0.6 is 0 Å². The van der Waals surface area contributed by atoms with E-state index >= 15 is 0 Å². The Morgan fingerprint density at radius 3 is 2.56 bits per heavy atom. The van der Waals surface area contributed by atoms with Crippen LogP contribution in [0.4, 0.5) is 4.79 Å². The number of urea groups is 1. The van der Waals surface area contributed by atoms with Crippen LogP contribution in [0.3, 0.4) is 0 Å². The fourth-order valence-corrected chi connectivity index (χ4v) is 1.71. The molecule has 0 aromatic rings. The lowest BCUT2D eigenvalue weighted by molar-refractivity contribution is -0.147. The average molecular weight is 230 g/mol. The number of carbonyl (C=O) groups excluding carboxylic acids is 1. The van der Waals surface area contributed by atoms with E-state index in [1.165, 1.54) is 7.11 Å². The molecule has 92 valence electrons. The van der Waals surface area contributed by atoms with E-state index in [1.807, 2.05) is 0 Å². The molecule has 6 nitrogen and oxygen atoms in total. The van der Waals surface area contributed by atoms with E-state index in [2.05, 4.69) is 22.3 Å². The Kier molecular flexibility index (Phi) is 4.54. The van der Waals surface area contributed by atoms with Crippen LogP contribution in [0.15, 0.2) is 0 Å². The number of carboxylic acid groups (broad SMARTS) is 1. The van der Waals surface area contributed by atoms with E-state index in [1.54, 1.807) is 0 Å². The predicted molar refractivity (Wildman–Crippen MR) is 57.2 cm³/mol. The molecule has 3 N–H and O–H groups in total. The van der Waals surface area contributed by atoms with Crippen molar-refractivity contribution in [1.82, 2.24) is 10.6 Å². The van der Waals surface area contributed by atoms with Crippen LogP contribution < -0.4 is 10.6 Å². The summed E-state index contributed by atoms with van der Waals surface area (Å²) in [6, 6.07) is -0.110. The lowest BCUT2D eigenvalue weighted by atomic mass is 9.82. The number of aliphatic carboxylic acids is 1. The van der Waals surface area contributed by atoms with Crippen LogP contribution in [0.25, 0.3) is 0 Å². The molecule has 1 rings (SSSR count). The number of methoxy groups -OCH3 is 1. The Morgan fingerprint density at radius 1 is 1.50 bits per heavy atom. The second-order valence-electron chi connectivity index (χ2n) is 4.19. The number of hydrogen-bond acceptors (Lipinski definition) is 3. The Labute approximate surface area is 94.3 Å². The zero-order valence-electron chi connectivity index (χ0n) is 9.53. The second-order valence-corrected chi connectivity index (χ2v) is 4.19. The third-order valence-corrected chi connectivity index (χ3v) is 2.72. The first-order valence-corrected chi connectivity index (χ1v) is 5.33. The van der Waals surface area contributed by atoms with Gasteiger partial charge in [-0.25, -0.2) is 9.59 Å². The maximum atomic E-state index is 11.3. The normalized spacial score (nSPS) is 25.4. The monoisotopic (exact) mass is 230 g/mol. The molecule has 0 bridgehead atoms. The second kappa shape index (κ2) is 5.69. The molecule has 0 spiro atoms. The number of carbonyl (C=O) groups is 2. The van der Waals surface area contributed by atoms with Crippen molar-refractivity contribution in [3.63, 3.8) is 0 Å². The third-order valence-electron chi connectivity index (χ3n) is 2.72. The summed E-state index contributed by atoms with van der Waals surface area (Å²) in [6.07, 6.45) is 0.978.